The van der Waals surface area contributed by atoms with Crippen LogP contribution in [-0.4, -0.2) is 40.9 Å². The van der Waals surface area contributed by atoms with Crippen LogP contribution in [0.1, 0.15) is 24.0 Å². The molecule has 1 aliphatic rings. The van der Waals surface area contributed by atoms with Gasteiger partial charge in [0.25, 0.3) is 0 Å². The fourth-order valence-electron chi connectivity index (χ4n) is 2.69. The lowest BCUT2D eigenvalue weighted by Crippen LogP contribution is -2.38. The van der Waals surface area contributed by atoms with Gasteiger partial charge in [-0.1, -0.05) is 12.1 Å². The molecule has 1 aromatic heterocycles. The van der Waals surface area contributed by atoms with E-state index in [0.29, 0.717) is 31.5 Å². The lowest BCUT2D eigenvalue weighted by atomic mass is 10.1. The van der Waals surface area contributed by atoms with Gasteiger partial charge in [-0.15, -0.1) is 0 Å². The van der Waals surface area contributed by atoms with Crippen LogP contribution in [0.25, 0.3) is 0 Å². The second kappa shape index (κ2) is 9.20. The van der Waals surface area contributed by atoms with Crippen molar-refractivity contribution in [1.82, 2.24) is 20.4 Å². The molecule has 0 bridgehead atoms. The average Bonchev–Trinajstić information content (AvgIpc) is 3.39. The van der Waals surface area contributed by atoms with Crippen LogP contribution < -0.4 is 15.4 Å². The van der Waals surface area contributed by atoms with Gasteiger partial charge in [-0.2, -0.15) is 5.10 Å². The first-order valence-corrected chi connectivity index (χ1v) is 9.39. The minimum absolute atomic E-state index is 0.0133. The lowest BCUT2D eigenvalue weighted by molar-refractivity contribution is -0.385. The van der Waals surface area contributed by atoms with E-state index < -0.39 is 4.92 Å². The number of aliphatic imine (C=N–C) groups is 1. The van der Waals surface area contributed by atoms with Crippen LogP contribution in [0.15, 0.2) is 35.6 Å². The summed E-state index contributed by atoms with van der Waals surface area (Å²) >= 11 is 0. The van der Waals surface area contributed by atoms with Gasteiger partial charge in [0.1, 0.15) is 18.1 Å². The number of benzene rings is 1. The molecule has 0 atom stereocenters. The number of nitrogens with zero attached hydrogens (tertiary/aromatic N) is 4. The van der Waals surface area contributed by atoms with E-state index in [1.54, 1.807) is 7.05 Å². The summed E-state index contributed by atoms with van der Waals surface area (Å²) in [6.07, 6.45) is 5.17. The fourth-order valence-corrected chi connectivity index (χ4v) is 2.69. The second-order valence-electron chi connectivity index (χ2n) is 6.94. The van der Waals surface area contributed by atoms with Crippen molar-refractivity contribution in [2.45, 2.75) is 32.9 Å². The monoisotopic (exact) mass is 386 g/mol. The summed E-state index contributed by atoms with van der Waals surface area (Å²) < 4.78 is 7.53. The molecule has 0 radical (unpaired) electrons. The molecule has 0 aliphatic heterocycles. The Labute approximate surface area is 164 Å². The minimum atomic E-state index is -0.456. The Morgan fingerprint density at radius 1 is 1.43 bits per heavy atom. The third-order valence-corrected chi connectivity index (χ3v) is 4.53. The number of hydrogen-bond donors (Lipinski definition) is 2. The van der Waals surface area contributed by atoms with Crippen LogP contribution >= 0.6 is 0 Å². The molecule has 150 valence electrons. The molecule has 0 saturated heterocycles. The SMILES string of the molecule is CN=C(NCCn1cc([N+](=O)[O-])cn1)NCc1ccc(C)cc1OCC1CC1. The van der Waals surface area contributed by atoms with Crippen LogP contribution in [-0.2, 0) is 13.1 Å². The van der Waals surface area contributed by atoms with Crippen LogP contribution in [0.3, 0.4) is 0 Å². The van der Waals surface area contributed by atoms with Gasteiger partial charge in [0.05, 0.1) is 18.1 Å². The smallest absolute Gasteiger partial charge is 0.306 e. The zero-order chi connectivity index (χ0) is 19.9. The van der Waals surface area contributed by atoms with Gasteiger partial charge < -0.3 is 15.4 Å². The molecule has 1 saturated carbocycles. The second-order valence-corrected chi connectivity index (χ2v) is 6.94. The van der Waals surface area contributed by atoms with E-state index in [9.17, 15) is 10.1 Å². The Kier molecular flexibility index (Phi) is 6.46. The number of ether oxygens (including phenoxy) is 1. The maximum Gasteiger partial charge on any atom is 0.306 e. The summed E-state index contributed by atoms with van der Waals surface area (Å²) in [5, 5.41) is 21.1. The van der Waals surface area contributed by atoms with Gasteiger partial charge in [-0.05, 0) is 37.3 Å². The van der Waals surface area contributed by atoms with Gasteiger partial charge in [0, 0.05) is 25.7 Å². The van der Waals surface area contributed by atoms with Crippen molar-refractivity contribution in [3.8, 4) is 5.75 Å². The average molecular weight is 386 g/mol. The minimum Gasteiger partial charge on any atom is -0.493 e. The standard InChI is InChI=1S/C19H26N6O3/c1-14-3-6-16(18(9-14)28-13-15-4-5-15)10-22-19(20-2)21-7-8-24-12-17(11-23-24)25(26)27/h3,6,9,11-12,15H,4-5,7-8,10,13H2,1-2H3,(H2,20,21,22). The molecule has 1 fully saturated rings. The summed E-state index contributed by atoms with van der Waals surface area (Å²) in [6, 6.07) is 6.21. The number of aryl methyl sites for hydroxylation is 1. The molecule has 1 aliphatic carbocycles. The van der Waals surface area contributed by atoms with Crippen molar-refractivity contribution in [3.05, 3.63) is 51.8 Å². The van der Waals surface area contributed by atoms with Crippen molar-refractivity contribution >= 4 is 11.6 Å². The number of nitro groups is 1. The number of rotatable bonds is 9. The van der Waals surface area contributed by atoms with Gasteiger partial charge in [0.2, 0.25) is 0 Å². The highest BCUT2D eigenvalue weighted by Crippen LogP contribution is 2.30. The van der Waals surface area contributed by atoms with E-state index in [4.69, 9.17) is 4.74 Å². The topological polar surface area (TPSA) is 107 Å². The van der Waals surface area contributed by atoms with Crippen molar-refractivity contribution in [2.75, 3.05) is 20.2 Å². The van der Waals surface area contributed by atoms with E-state index in [1.165, 1.54) is 35.5 Å². The van der Waals surface area contributed by atoms with E-state index >= 15 is 0 Å². The predicted octanol–water partition coefficient (Wildman–Crippen LogP) is 2.25. The molecule has 0 unspecified atom stereocenters. The zero-order valence-corrected chi connectivity index (χ0v) is 16.2. The molecule has 9 heteroatoms. The summed E-state index contributed by atoms with van der Waals surface area (Å²) in [6.45, 7) is 4.46. The van der Waals surface area contributed by atoms with Crippen molar-refractivity contribution in [3.63, 3.8) is 0 Å². The highest BCUT2D eigenvalue weighted by atomic mass is 16.6. The van der Waals surface area contributed by atoms with Gasteiger partial charge in [-0.25, -0.2) is 0 Å². The normalized spacial score (nSPS) is 14.0. The summed E-state index contributed by atoms with van der Waals surface area (Å²) in [5.74, 6) is 2.27. The maximum absolute atomic E-state index is 10.7. The Morgan fingerprint density at radius 2 is 2.25 bits per heavy atom. The first-order chi connectivity index (χ1) is 13.5. The molecule has 2 N–H and O–H groups in total. The molecule has 1 heterocycles. The van der Waals surface area contributed by atoms with Crippen molar-refractivity contribution in [2.24, 2.45) is 10.9 Å². The van der Waals surface area contributed by atoms with E-state index in [-0.39, 0.29) is 5.69 Å². The zero-order valence-electron chi connectivity index (χ0n) is 16.2. The number of aromatic nitrogens is 2. The maximum atomic E-state index is 10.7. The third-order valence-electron chi connectivity index (χ3n) is 4.53. The van der Waals surface area contributed by atoms with Crippen LogP contribution in [0.2, 0.25) is 0 Å². The fraction of sp³-hybridized carbons (Fsp3) is 0.474. The Balaban J connectivity index is 1.48. The van der Waals surface area contributed by atoms with Gasteiger partial charge >= 0.3 is 5.69 Å². The highest BCUT2D eigenvalue weighted by Gasteiger charge is 2.22. The molecule has 0 spiro atoms. The van der Waals surface area contributed by atoms with E-state index in [1.807, 2.05) is 0 Å². The first-order valence-electron chi connectivity index (χ1n) is 9.39. The Hall–Kier alpha value is -3.10. The van der Waals surface area contributed by atoms with Gasteiger partial charge in [0.15, 0.2) is 5.96 Å². The number of guanidine groups is 1. The lowest BCUT2D eigenvalue weighted by Gasteiger charge is -2.15. The predicted molar refractivity (Wildman–Crippen MR) is 106 cm³/mol. The van der Waals surface area contributed by atoms with Crippen molar-refractivity contribution in [1.29, 1.82) is 0 Å². The highest BCUT2D eigenvalue weighted by molar-refractivity contribution is 5.79. The van der Waals surface area contributed by atoms with Crippen molar-refractivity contribution < 1.29 is 9.66 Å². The van der Waals surface area contributed by atoms with Crippen LogP contribution in [0, 0.1) is 23.0 Å². The molecular weight excluding hydrogens is 360 g/mol. The molecular formula is C19H26N6O3. The molecule has 0 amide bonds. The number of hydrogen-bond acceptors (Lipinski definition) is 5. The summed E-state index contributed by atoms with van der Waals surface area (Å²) in [5.41, 5.74) is 2.24. The molecule has 28 heavy (non-hydrogen) atoms. The number of nitrogens with one attached hydrogen (secondary N) is 2. The first kappa shape index (κ1) is 19.7. The summed E-state index contributed by atoms with van der Waals surface area (Å²) in [4.78, 5) is 14.5. The summed E-state index contributed by atoms with van der Waals surface area (Å²) in [7, 11) is 1.70. The molecule has 9 nitrogen and oxygen atoms in total. The van der Waals surface area contributed by atoms with E-state index in [0.717, 1.165) is 17.9 Å². The Morgan fingerprint density at radius 3 is 2.93 bits per heavy atom. The van der Waals surface area contributed by atoms with Crippen LogP contribution in [0.4, 0.5) is 5.69 Å². The molecule has 1 aromatic carbocycles. The Bertz CT molecular complexity index is 844. The largest absolute Gasteiger partial charge is 0.493 e. The van der Waals surface area contributed by atoms with E-state index in [2.05, 4.69) is 45.8 Å². The van der Waals surface area contributed by atoms with Gasteiger partial charge in [-0.3, -0.25) is 19.8 Å². The quantitative estimate of drug-likeness (QED) is 0.296. The third kappa shape index (κ3) is 5.70. The van der Waals surface area contributed by atoms with Crippen LogP contribution in [0.5, 0.6) is 5.75 Å². The molecule has 3 rings (SSSR count). The molecule has 2 aromatic rings.